The molecule has 21 heavy (non-hydrogen) atoms. The maximum Gasteiger partial charge on any atom is 0.265 e. The maximum atomic E-state index is 12.5. The summed E-state index contributed by atoms with van der Waals surface area (Å²) in [4.78, 5) is 26.1. The Morgan fingerprint density at radius 1 is 1.38 bits per heavy atom. The highest BCUT2D eigenvalue weighted by Crippen LogP contribution is 2.34. The van der Waals surface area contributed by atoms with Gasteiger partial charge in [0.05, 0.1) is 11.6 Å². The molecular weight excluding hydrogens is 286 g/mol. The molecule has 2 rings (SSSR count). The van der Waals surface area contributed by atoms with E-state index in [0.717, 1.165) is 10.1 Å². The van der Waals surface area contributed by atoms with Gasteiger partial charge in [-0.15, -0.1) is 11.3 Å². The Bertz CT molecular complexity index is 681. The van der Waals surface area contributed by atoms with Gasteiger partial charge in [0.25, 0.3) is 5.91 Å². The lowest BCUT2D eigenvalue weighted by Crippen LogP contribution is -2.37. The van der Waals surface area contributed by atoms with Crippen molar-refractivity contribution in [2.45, 2.75) is 6.92 Å². The van der Waals surface area contributed by atoms with Gasteiger partial charge in [0, 0.05) is 30.7 Å². The van der Waals surface area contributed by atoms with Crippen LogP contribution in [0.3, 0.4) is 0 Å². The number of hydrogen-bond acceptors (Lipinski definition) is 4. The summed E-state index contributed by atoms with van der Waals surface area (Å²) in [5.74, 6) is -0.497. The number of nitrogens with one attached hydrogen (secondary N) is 1. The molecule has 3 N–H and O–H groups in total. The highest BCUT2D eigenvalue weighted by Gasteiger charge is 2.22. The molecule has 1 atom stereocenters. The SMILES string of the molecule is CNC(=O)C(C)CN(C)C(=O)c1sc2ccccc2c1N. The minimum Gasteiger partial charge on any atom is -0.397 e. The lowest BCUT2D eigenvalue weighted by molar-refractivity contribution is -0.124. The van der Waals surface area contributed by atoms with Crippen LogP contribution in [0, 0.1) is 5.92 Å². The molecule has 1 aromatic heterocycles. The molecule has 1 aromatic carbocycles. The fourth-order valence-electron chi connectivity index (χ4n) is 2.22. The molecule has 1 heterocycles. The monoisotopic (exact) mass is 305 g/mol. The molecule has 2 amide bonds. The second-order valence-electron chi connectivity index (χ2n) is 5.04. The third-order valence-electron chi connectivity index (χ3n) is 3.42. The molecule has 0 fully saturated rings. The maximum absolute atomic E-state index is 12.5. The summed E-state index contributed by atoms with van der Waals surface area (Å²) < 4.78 is 0.992. The molecule has 2 aromatic rings. The first-order valence-corrected chi connectivity index (χ1v) is 7.51. The third-order valence-corrected chi connectivity index (χ3v) is 4.59. The van der Waals surface area contributed by atoms with Gasteiger partial charge in [0.15, 0.2) is 0 Å². The first kappa shape index (κ1) is 15.3. The van der Waals surface area contributed by atoms with Crippen LogP contribution in [-0.2, 0) is 4.79 Å². The van der Waals surface area contributed by atoms with Gasteiger partial charge in [-0.25, -0.2) is 0 Å². The van der Waals surface area contributed by atoms with Gasteiger partial charge >= 0.3 is 0 Å². The number of carbonyl (C=O) groups is 2. The zero-order valence-corrected chi connectivity index (χ0v) is 13.2. The molecule has 0 aliphatic carbocycles. The zero-order valence-electron chi connectivity index (χ0n) is 12.3. The molecule has 0 aliphatic rings. The van der Waals surface area contributed by atoms with Crippen LogP contribution in [0.5, 0.6) is 0 Å². The third kappa shape index (κ3) is 3.00. The number of fused-ring (bicyclic) bond motifs is 1. The molecule has 5 nitrogen and oxygen atoms in total. The number of carbonyl (C=O) groups excluding carboxylic acids is 2. The molecule has 0 saturated carbocycles. The number of thiophene rings is 1. The fraction of sp³-hybridized carbons (Fsp3) is 0.333. The first-order chi connectivity index (χ1) is 9.95. The van der Waals surface area contributed by atoms with Crippen LogP contribution in [0.25, 0.3) is 10.1 Å². The number of nitrogens with two attached hydrogens (primary N) is 1. The van der Waals surface area contributed by atoms with Crippen molar-refractivity contribution in [2.75, 3.05) is 26.4 Å². The molecule has 6 heteroatoms. The number of nitrogens with zero attached hydrogens (tertiary/aromatic N) is 1. The predicted octanol–water partition coefficient (Wildman–Crippen LogP) is 1.94. The van der Waals surface area contributed by atoms with Gasteiger partial charge in [0.2, 0.25) is 5.91 Å². The molecule has 1 unspecified atom stereocenters. The van der Waals surface area contributed by atoms with Crippen molar-refractivity contribution in [1.82, 2.24) is 10.2 Å². The van der Waals surface area contributed by atoms with Gasteiger partial charge in [-0.05, 0) is 6.07 Å². The predicted molar refractivity (Wildman–Crippen MR) is 86.4 cm³/mol. The molecule has 0 saturated heterocycles. The summed E-state index contributed by atoms with van der Waals surface area (Å²) >= 11 is 1.38. The van der Waals surface area contributed by atoms with E-state index in [-0.39, 0.29) is 17.7 Å². The first-order valence-electron chi connectivity index (χ1n) is 6.69. The largest absolute Gasteiger partial charge is 0.397 e. The van der Waals surface area contributed by atoms with E-state index in [2.05, 4.69) is 5.32 Å². The van der Waals surface area contributed by atoms with Crippen molar-refractivity contribution in [1.29, 1.82) is 0 Å². The minimum atomic E-state index is -0.264. The van der Waals surface area contributed by atoms with Crippen molar-refractivity contribution in [3.05, 3.63) is 29.1 Å². The van der Waals surface area contributed by atoms with Gasteiger partial charge in [-0.3, -0.25) is 9.59 Å². The van der Waals surface area contributed by atoms with Gasteiger partial charge in [0.1, 0.15) is 4.88 Å². The number of anilines is 1. The molecule has 0 bridgehead atoms. The van der Waals surface area contributed by atoms with Crippen molar-refractivity contribution < 1.29 is 9.59 Å². The molecule has 0 radical (unpaired) electrons. The van der Waals surface area contributed by atoms with Crippen molar-refractivity contribution in [2.24, 2.45) is 5.92 Å². The Morgan fingerprint density at radius 3 is 2.67 bits per heavy atom. The minimum absolute atomic E-state index is 0.0843. The average Bonchev–Trinajstić information content (AvgIpc) is 2.83. The van der Waals surface area contributed by atoms with Crippen LogP contribution in [0.4, 0.5) is 5.69 Å². The summed E-state index contributed by atoms with van der Waals surface area (Å²) in [7, 11) is 3.27. The topological polar surface area (TPSA) is 75.4 Å². The van der Waals surface area contributed by atoms with Crippen LogP contribution in [-0.4, -0.2) is 37.4 Å². The Balaban J connectivity index is 2.22. The van der Waals surface area contributed by atoms with E-state index in [1.54, 1.807) is 25.9 Å². The number of amides is 2. The molecule has 112 valence electrons. The molecular formula is C15H19N3O2S. The Labute approximate surface area is 127 Å². The standard InChI is InChI=1S/C15H19N3O2S/c1-9(14(19)17-2)8-18(3)15(20)13-12(16)10-6-4-5-7-11(10)21-13/h4-7,9H,8,16H2,1-3H3,(H,17,19). The van der Waals surface area contributed by atoms with Crippen molar-refractivity contribution in [3.63, 3.8) is 0 Å². The van der Waals surface area contributed by atoms with E-state index in [1.807, 2.05) is 24.3 Å². The summed E-state index contributed by atoms with van der Waals surface area (Å²) in [6, 6.07) is 7.67. The van der Waals surface area contributed by atoms with Crippen LogP contribution in [0.2, 0.25) is 0 Å². The Kier molecular flexibility index (Phi) is 4.47. The normalized spacial score (nSPS) is 12.1. The van der Waals surface area contributed by atoms with Crippen LogP contribution >= 0.6 is 11.3 Å². The van der Waals surface area contributed by atoms with E-state index in [9.17, 15) is 9.59 Å². The summed E-state index contributed by atoms with van der Waals surface area (Å²) in [5, 5.41) is 3.48. The summed E-state index contributed by atoms with van der Waals surface area (Å²) in [6.45, 7) is 2.14. The van der Waals surface area contributed by atoms with E-state index in [1.165, 1.54) is 11.3 Å². The fourth-order valence-corrected chi connectivity index (χ4v) is 3.34. The van der Waals surface area contributed by atoms with Gasteiger partial charge < -0.3 is 16.0 Å². The highest BCUT2D eigenvalue weighted by atomic mass is 32.1. The zero-order chi connectivity index (χ0) is 15.6. The average molecular weight is 305 g/mol. The van der Waals surface area contributed by atoms with Gasteiger partial charge in [-0.2, -0.15) is 0 Å². The van der Waals surface area contributed by atoms with Gasteiger partial charge in [-0.1, -0.05) is 25.1 Å². The van der Waals surface area contributed by atoms with Crippen molar-refractivity contribution >= 4 is 38.9 Å². The lowest BCUT2D eigenvalue weighted by Gasteiger charge is -2.20. The quantitative estimate of drug-likeness (QED) is 0.906. The summed E-state index contributed by atoms with van der Waals surface area (Å²) in [5.41, 5.74) is 6.59. The number of hydrogen-bond donors (Lipinski definition) is 2. The number of benzene rings is 1. The lowest BCUT2D eigenvalue weighted by atomic mass is 10.1. The summed E-state index contributed by atoms with van der Waals surface area (Å²) in [6.07, 6.45) is 0. The second kappa shape index (κ2) is 6.13. The smallest absolute Gasteiger partial charge is 0.265 e. The highest BCUT2D eigenvalue weighted by molar-refractivity contribution is 7.21. The van der Waals surface area contributed by atoms with Crippen molar-refractivity contribution in [3.8, 4) is 0 Å². The molecule has 0 aliphatic heterocycles. The van der Waals surface area contributed by atoms with E-state index < -0.39 is 0 Å². The van der Waals surface area contributed by atoms with E-state index in [0.29, 0.717) is 17.1 Å². The van der Waals surface area contributed by atoms with Crippen LogP contribution in [0.15, 0.2) is 24.3 Å². The number of nitrogen functional groups attached to an aromatic ring is 1. The second-order valence-corrected chi connectivity index (χ2v) is 6.09. The van der Waals surface area contributed by atoms with Crippen LogP contribution in [0.1, 0.15) is 16.6 Å². The number of rotatable bonds is 4. The Hall–Kier alpha value is -2.08. The Morgan fingerprint density at radius 2 is 2.05 bits per heavy atom. The van der Waals surface area contributed by atoms with E-state index >= 15 is 0 Å². The van der Waals surface area contributed by atoms with E-state index in [4.69, 9.17) is 5.73 Å². The van der Waals surface area contributed by atoms with Crippen LogP contribution < -0.4 is 11.1 Å². The molecule has 0 spiro atoms.